The topological polar surface area (TPSA) is 26.3 Å². The van der Waals surface area contributed by atoms with Crippen molar-refractivity contribution in [1.29, 1.82) is 0 Å². The standard InChI is InChI=1S/C10H16BrCl3O2Si/c1-10(2,11)9(15)16-7-5-3-4-6-8-17(12,13)14/h6,8H,3-5,7H2,1-2H3/b8-6+. The number of allylic oxidation sites excluding steroid dienone is 1. The number of halogens is 4. The van der Waals surface area contributed by atoms with Crippen LogP contribution in [0.4, 0.5) is 0 Å². The van der Waals surface area contributed by atoms with Crippen molar-refractivity contribution < 1.29 is 9.53 Å². The molecule has 0 aromatic carbocycles. The van der Waals surface area contributed by atoms with Gasteiger partial charge >= 0.3 is 12.0 Å². The molecule has 0 bridgehead atoms. The zero-order valence-electron chi connectivity index (χ0n) is 9.81. The van der Waals surface area contributed by atoms with Crippen molar-refractivity contribution in [2.45, 2.75) is 37.4 Å². The summed E-state index contributed by atoms with van der Waals surface area (Å²) >= 11 is 20.3. The van der Waals surface area contributed by atoms with Crippen LogP contribution in [0.1, 0.15) is 33.1 Å². The molecule has 0 N–H and O–H groups in total. The average Bonchev–Trinajstić information content (AvgIpc) is 2.12. The van der Waals surface area contributed by atoms with E-state index in [-0.39, 0.29) is 5.97 Å². The minimum atomic E-state index is -2.62. The van der Waals surface area contributed by atoms with Crippen LogP contribution in [0.5, 0.6) is 0 Å². The van der Waals surface area contributed by atoms with Gasteiger partial charge in [-0.05, 0) is 33.1 Å². The third-order valence-electron chi connectivity index (χ3n) is 1.79. The van der Waals surface area contributed by atoms with Crippen molar-refractivity contribution in [3.05, 3.63) is 11.8 Å². The van der Waals surface area contributed by atoms with Gasteiger partial charge in [0.05, 0.1) is 6.61 Å². The van der Waals surface area contributed by atoms with Crippen LogP contribution in [0.15, 0.2) is 11.8 Å². The Balaban J connectivity index is 3.55. The fraction of sp³-hybridized carbons (Fsp3) is 0.700. The summed E-state index contributed by atoms with van der Waals surface area (Å²) in [5, 5.41) is 0. The van der Waals surface area contributed by atoms with Crippen LogP contribution in [0, 0.1) is 0 Å². The predicted molar refractivity (Wildman–Crippen MR) is 80.3 cm³/mol. The van der Waals surface area contributed by atoms with E-state index >= 15 is 0 Å². The lowest BCUT2D eigenvalue weighted by molar-refractivity contribution is -0.145. The Morgan fingerprint density at radius 1 is 1.35 bits per heavy atom. The second kappa shape index (κ2) is 8.05. The highest BCUT2D eigenvalue weighted by Crippen LogP contribution is 2.21. The fourth-order valence-corrected chi connectivity index (χ4v) is 2.27. The van der Waals surface area contributed by atoms with E-state index in [1.165, 1.54) is 0 Å². The van der Waals surface area contributed by atoms with Crippen molar-refractivity contribution in [2.24, 2.45) is 0 Å². The normalized spacial score (nSPS) is 13.1. The summed E-state index contributed by atoms with van der Waals surface area (Å²) in [5.41, 5.74) is 1.66. The molecule has 0 unspecified atom stereocenters. The molecule has 0 radical (unpaired) electrons. The van der Waals surface area contributed by atoms with Gasteiger partial charge in [-0.2, -0.15) is 0 Å². The van der Waals surface area contributed by atoms with Crippen LogP contribution < -0.4 is 0 Å². The molecule has 0 aliphatic rings. The van der Waals surface area contributed by atoms with Crippen LogP contribution in [0.25, 0.3) is 0 Å². The smallest absolute Gasteiger partial charge is 0.365 e. The molecule has 17 heavy (non-hydrogen) atoms. The van der Waals surface area contributed by atoms with Gasteiger partial charge in [0, 0.05) is 0 Å². The number of hydrogen-bond donors (Lipinski definition) is 0. The highest BCUT2D eigenvalue weighted by Gasteiger charge is 2.25. The van der Waals surface area contributed by atoms with Crippen molar-refractivity contribution in [3.8, 4) is 0 Å². The van der Waals surface area contributed by atoms with Gasteiger partial charge in [0.15, 0.2) is 0 Å². The van der Waals surface area contributed by atoms with Crippen molar-refractivity contribution in [1.82, 2.24) is 0 Å². The minimum Gasteiger partial charge on any atom is -0.465 e. The maximum absolute atomic E-state index is 11.4. The Morgan fingerprint density at radius 3 is 2.41 bits per heavy atom. The first-order chi connectivity index (χ1) is 7.63. The van der Waals surface area contributed by atoms with E-state index < -0.39 is 10.3 Å². The van der Waals surface area contributed by atoms with E-state index in [4.69, 9.17) is 38.0 Å². The van der Waals surface area contributed by atoms with Gasteiger partial charge in [-0.25, -0.2) is 0 Å². The van der Waals surface area contributed by atoms with Gasteiger partial charge in [-0.15, -0.1) is 33.2 Å². The number of unbranched alkanes of at least 4 members (excludes halogenated alkanes) is 2. The van der Waals surface area contributed by atoms with Crippen LogP contribution in [0.3, 0.4) is 0 Å². The third-order valence-corrected chi connectivity index (χ3v) is 3.86. The van der Waals surface area contributed by atoms with E-state index in [1.807, 2.05) is 6.08 Å². The highest BCUT2D eigenvalue weighted by atomic mass is 79.9. The fourth-order valence-electron chi connectivity index (χ4n) is 0.918. The Morgan fingerprint density at radius 2 is 1.94 bits per heavy atom. The molecule has 7 heteroatoms. The number of carbonyl (C=O) groups is 1. The molecule has 0 saturated heterocycles. The molecular weight excluding hydrogens is 366 g/mol. The van der Waals surface area contributed by atoms with Crippen molar-refractivity contribution in [2.75, 3.05) is 6.61 Å². The zero-order chi connectivity index (χ0) is 13.5. The predicted octanol–water partition coefficient (Wildman–Crippen LogP) is 4.62. The molecule has 0 heterocycles. The van der Waals surface area contributed by atoms with Gasteiger partial charge in [-0.1, -0.05) is 27.7 Å². The van der Waals surface area contributed by atoms with Gasteiger partial charge in [0.1, 0.15) is 4.32 Å². The Labute approximate surface area is 126 Å². The quantitative estimate of drug-likeness (QED) is 0.211. The van der Waals surface area contributed by atoms with Gasteiger partial charge in [0.25, 0.3) is 0 Å². The summed E-state index contributed by atoms with van der Waals surface area (Å²) in [6, 6.07) is -2.62. The van der Waals surface area contributed by atoms with Crippen LogP contribution in [-0.2, 0) is 9.53 Å². The zero-order valence-corrected chi connectivity index (χ0v) is 14.7. The molecule has 0 aromatic heterocycles. The molecule has 0 fully saturated rings. The summed E-state index contributed by atoms with van der Waals surface area (Å²) in [5.74, 6) is -0.248. The SMILES string of the molecule is CC(C)(Br)C(=O)OCCCC/C=C/[Si](Cl)(Cl)Cl. The third kappa shape index (κ3) is 11.6. The summed E-state index contributed by atoms with van der Waals surface area (Å²) in [6.45, 7) is 3.93. The number of ether oxygens (including phenoxy) is 1. The summed E-state index contributed by atoms with van der Waals surface area (Å²) < 4.78 is 4.46. The molecule has 0 aliphatic heterocycles. The molecule has 2 nitrogen and oxygen atoms in total. The van der Waals surface area contributed by atoms with Crippen LogP contribution in [-0.4, -0.2) is 22.9 Å². The van der Waals surface area contributed by atoms with E-state index in [2.05, 4.69) is 15.9 Å². The first kappa shape index (κ1) is 17.8. The number of carbonyl (C=O) groups excluding carboxylic acids is 1. The lowest BCUT2D eigenvalue weighted by Crippen LogP contribution is -2.26. The molecule has 0 aliphatic carbocycles. The summed E-state index contributed by atoms with van der Waals surface area (Å²) in [6.07, 6.45) is 4.41. The largest absolute Gasteiger partial charge is 0.465 e. The molecular formula is C10H16BrCl3O2Si. The molecule has 0 spiro atoms. The maximum Gasteiger partial charge on any atom is 0.365 e. The van der Waals surface area contributed by atoms with Crippen molar-refractivity contribution in [3.63, 3.8) is 0 Å². The molecule has 100 valence electrons. The van der Waals surface area contributed by atoms with E-state index in [0.29, 0.717) is 6.61 Å². The van der Waals surface area contributed by atoms with Gasteiger partial charge in [0.2, 0.25) is 0 Å². The second-order valence-corrected chi connectivity index (χ2v) is 14.6. The molecule has 0 saturated carbocycles. The van der Waals surface area contributed by atoms with E-state index in [9.17, 15) is 4.79 Å². The average molecular weight is 383 g/mol. The van der Waals surface area contributed by atoms with Gasteiger partial charge < -0.3 is 4.74 Å². The maximum atomic E-state index is 11.4. The Hall–Kier alpha value is 0.777. The van der Waals surface area contributed by atoms with Crippen molar-refractivity contribution >= 4 is 61.1 Å². The number of alkyl halides is 1. The highest BCUT2D eigenvalue weighted by molar-refractivity contribution is 9.10. The summed E-state index contributed by atoms with van der Waals surface area (Å²) in [7, 11) is 0. The lowest BCUT2D eigenvalue weighted by atomic mass is 10.2. The first-order valence-corrected chi connectivity index (χ1v) is 11.1. The number of rotatable bonds is 7. The molecule has 0 aromatic rings. The van der Waals surface area contributed by atoms with Gasteiger partial charge in [-0.3, -0.25) is 4.79 Å². The van der Waals surface area contributed by atoms with E-state index in [0.717, 1.165) is 19.3 Å². The van der Waals surface area contributed by atoms with E-state index in [1.54, 1.807) is 19.5 Å². The molecule has 0 atom stereocenters. The van der Waals surface area contributed by atoms with Crippen LogP contribution >= 0.6 is 49.2 Å². The Bertz CT molecular complexity index is 272. The monoisotopic (exact) mass is 380 g/mol. The summed E-state index contributed by atoms with van der Waals surface area (Å²) in [4.78, 5) is 11.4. The molecule has 0 rings (SSSR count). The molecule has 0 amide bonds. The van der Waals surface area contributed by atoms with Crippen LogP contribution in [0.2, 0.25) is 0 Å². The number of esters is 1. The first-order valence-electron chi connectivity index (χ1n) is 5.23. The number of hydrogen-bond acceptors (Lipinski definition) is 2. The Kier molecular flexibility index (Phi) is 8.42. The minimum absolute atomic E-state index is 0.248. The second-order valence-electron chi connectivity index (χ2n) is 4.05. The lowest BCUT2D eigenvalue weighted by Gasteiger charge is -2.14.